The molecule has 2 saturated heterocycles. The summed E-state index contributed by atoms with van der Waals surface area (Å²) in [7, 11) is 0. The molecule has 20 heavy (non-hydrogen) atoms. The van der Waals surface area contributed by atoms with Crippen LogP contribution in [-0.2, 0) is 4.74 Å². The summed E-state index contributed by atoms with van der Waals surface area (Å²) in [4.78, 5) is 2.68. The van der Waals surface area contributed by atoms with Crippen molar-refractivity contribution < 1.29 is 4.74 Å². The Morgan fingerprint density at radius 2 is 2.10 bits per heavy atom. The molecule has 2 heterocycles. The van der Waals surface area contributed by atoms with E-state index in [0.29, 0.717) is 17.6 Å². The third-order valence-corrected chi connectivity index (χ3v) is 6.03. The minimum absolute atomic E-state index is 0.333. The van der Waals surface area contributed by atoms with Crippen LogP contribution in [0.3, 0.4) is 0 Å². The Bertz CT molecular complexity index is 331. The fourth-order valence-corrected chi connectivity index (χ4v) is 4.77. The number of fused-ring (bicyclic) bond motifs is 1. The van der Waals surface area contributed by atoms with Crippen molar-refractivity contribution in [2.45, 2.75) is 71.1 Å². The Balaban J connectivity index is 1.38. The van der Waals surface area contributed by atoms with Gasteiger partial charge in [-0.2, -0.15) is 0 Å². The SMILES string of the molecule is CC1CCCCN1CCCNC1C2CCOC2C1(C)C. The van der Waals surface area contributed by atoms with Crippen molar-refractivity contribution in [1.82, 2.24) is 10.2 Å². The maximum atomic E-state index is 5.86. The number of hydrogen-bond acceptors (Lipinski definition) is 3. The first kappa shape index (κ1) is 14.8. The average Bonchev–Trinajstić information content (AvgIpc) is 2.87. The summed E-state index contributed by atoms with van der Waals surface area (Å²) >= 11 is 0. The van der Waals surface area contributed by atoms with Gasteiger partial charge in [-0.1, -0.05) is 20.3 Å². The monoisotopic (exact) mass is 280 g/mol. The number of piperidine rings is 1. The quantitative estimate of drug-likeness (QED) is 0.784. The molecule has 3 nitrogen and oxygen atoms in total. The summed E-state index contributed by atoms with van der Waals surface area (Å²) in [6.45, 7) is 11.8. The van der Waals surface area contributed by atoms with E-state index < -0.39 is 0 Å². The molecule has 0 aromatic heterocycles. The molecular weight excluding hydrogens is 248 g/mol. The first-order valence-corrected chi connectivity index (χ1v) is 8.70. The van der Waals surface area contributed by atoms with Crippen LogP contribution in [0.5, 0.6) is 0 Å². The highest BCUT2D eigenvalue weighted by Crippen LogP contribution is 2.51. The molecule has 0 bridgehead atoms. The van der Waals surface area contributed by atoms with E-state index in [9.17, 15) is 0 Å². The maximum absolute atomic E-state index is 5.86. The van der Waals surface area contributed by atoms with Gasteiger partial charge in [-0.15, -0.1) is 0 Å². The Labute approximate surface area is 124 Å². The van der Waals surface area contributed by atoms with E-state index in [1.54, 1.807) is 0 Å². The van der Waals surface area contributed by atoms with Crippen molar-refractivity contribution in [2.75, 3.05) is 26.2 Å². The van der Waals surface area contributed by atoms with Crippen LogP contribution in [0.1, 0.15) is 52.9 Å². The van der Waals surface area contributed by atoms with E-state index in [-0.39, 0.29) is 0 Å². The van der Waals surface area contributed by atoms with E-state index in [1.807, 2.05) is 0 Å². The molecule has 0 amide bonds. The van der Waals surface area contributed by atoms with Gasteiger partial charge in [0, 0.05) is 30.0 Å². The first-order chi connectivity index (χ1) is 9.60. The molecule has 3 fully saturated rings. The Morgan fingerprint density at radius 3 is 2.90 bits per heavy atom. The molecule has 0 aromatic rings. The first-order valence-electron chi connectivity index (χ1n) is 8.70. The summed E-state index contributed by atoms with van der Waals surface area (Å²) < 4.78 is 5.86. The predicted octanol–water partition coefficient (Wildman–Crippen LogP) is 2.65. The van der Waals surface area contributed by atoms with Gasteiger partial charge >= 0.3 is 0 Å². The minimum Gasteiger partial charge on any atom is -0.377 e. The highest BCUT2D eigenvalue weighted by molar-refractivity contribution is 5.11. The van der Waals surface area contributed by atoms with Crippen molar-refractivity contribution in [1.29, 1.82) is 0 Å². The topological polar surface area (TPSA) is 24.5 Å². The summed E-state index contributed by atoms with van der Waals surface area (Å²) in [6.07, 6.45) is 7.28. The van der Waals surface area contributed by atoms with Gasteiger partial charge < -0.3 is 15.0 Å². The lowest BCUT2D eigenvalue weighted by Crippen LogP contribution is -2.65. The lowest BCUT2D eigenvalue weighted by molar-refractivity contribution is -0.112. The zero-order valence-electron chi connectivity index (χ0n) is 13.5. The highest BCUT2D eigenvalue weighted by Gasteiger charge is 2.58. The van der Waals surface area contributed by atoms with Crippen LogP contribution in [-0.4, -0.2) is 49.3 Å². The van der Waals surface area contributed by atoms with Gasteiger partial charge in [0.15, 0.2) is 0 Å². The van der Waals surface area contributed by atoms with Gasteiger partial charge in [-0.05, 0) is 52.2 Å². The number of likely N-dealkylation sites (tertiary alicyclic amines) is 1. The molecule has 2 aliphatic heterocycles. The van der Waals surface area contributed by atoms with Crippen LogP contribution in [0.25, 0.3) is 0 Å². The van der Waals surface area contributed by atoms with Crippen molar-refractivity contribution in [3.63, 3.8) is 0 Å². The van der Waals surface area contributed by atoms with Crippen molar-refractivity contribution in [2.24, 2.45) is 11.3 Å². The fourth-order valence-electron chi connectivity index (χ4n) is 4.77. The van der Waals surface area contributed by atoms with Gasteiger partial charge in [-0.25, -0.2) is 0 Å². The molecule has 3 heteroatoms. The molecule has 116 valence electrons. The van der Waals surface area contributed by atoms with Crippen molar-refractivity contribution in [3.05, 3.63) is 0 Å². The maximum Gasteiger partial charge on any atom is 0.0685 e. The fraction of sp³-hybridized carbons (Fsp3) is 1.00. The van der Waals surface area contributed by atoms with Crippen LogP contribution in [0, 0.1) is 11.3 Å². The number of rotatable bonds is 5. The van der Waals surface area contributed by atoms with Gasteiger partial charge in [0.2, 0.25) is 0 Å². The Kier molecular flexibility index (Phi) is 4.40. The molecule has 1 N–H and O–H groups in total. The second-order valence-corrected chi connectivity index (χ2v) is 7.73. The van der Waals surface area contributed by atoms with Crippen LogP contribution < -0.4 is 5.32 Å². The van der Waals surface area contributed by atoms with Crippen LogP contribution in [0.2, 0.25) is 0 Å². The summed E-state index contributed by atoms with van der Waals surface area (Å²) in [6, 6.07) is 1.48. The smallest absolute Gasteiger partial charge is 0.0685 e. The van der Waals surface area contributed by atoms with Gasteiger partial charge in [0.25, 0.3) is 0 Å². The molecule has 1 aliphatic carbocycles. The molecule has 4 unspecified atom stereocenters. The highest BCUT2D eigenvalue weighted by atomic mass is 16.5. The second-order valence-electron chi connectivity index (χ2n) is 7.73. The zero-order valence-corrected chi connectivity index (χ0v) is 13.5. The number of nitrogens with zero attached hydrogens (tertiary/aromatic N) is 1. The number of hydrogen-bond donors (Lipinski definition) is 1. The Hall–Kier alpha value is -0.120. The van der Waals surface area contributed by atoms with Crippen LogP contribution in [0.15, 0.2) is 0 Å². The lowest BCUT2D eigenvalue weighted by Gasteiger charge is -2.55. The van der Waals surface area contributed by atoms with Crippen LogP contribution in [0.4, 0.5) is 0 Å². The summed E-state index contributed by atoms with van der Waals surface area (Å²) in [5.41, 5.74) is 0.333. The second kappa shape index (κ2) is 5.94. The lowest BCUT2D eigenvalue weighted by atomic mass is 9.57. The van der Waals surface area contributed by atoms with Crippen molar-refractivity contribution >= 4 is 0 Å². The molecule has 0 aromatic carbocycles. The average molecular weight is 280 g/mol. The van der Waals surface area contributed by atoms with E-state index in [2.05, 4.69) is 31.0 Å². The van der Waals surface area contributed by atoms with Crippen LogP contribution >= 0.6 is 0 Å². The van der Waals surface area contributed by atoms with Gasteiger partial charge in [0.1, 0.15) is 0 Å². The third-order valence-electron chi connectivity index (χ3n) is 6.03. The summed E-state index contributed by atoms with van der Waals surface area (Å²) in [5.74, 6) is 0.777. The van der Waals surface area contributed by atoms with Gasteiger partial charge in [-0.3, -0.25) is 0 Å². The molecular formula is C17H32N2O. The molecule has 1 saturated carbocycles. The Morgan fingerprint density at radius 1 is 1.25 bits per heavy atom. The minimum atomic E-state index is 0.333. The van der Waals surface area contributed by atoms with E-state index >= 15 is 0 Å². The predicted molar refractivity (Wildman–Crippen MR) is 82.9 cm³/mol. The molecule has 3 rings (SSSR count). The molecule has 0 radical (unpaired) electrons. The molecule has 0 spiro atoms. The molecule has 4 atom stereocenters. The molecule has 3 aliphatic rings. The normalized spacial score (nSPS) is 40.4. The van der Waals surface area contributed by atoms with Crippen molar-refractivity contribution in [3.8, 4) is 0 Å². The zero-order chi connectivity index (χ0) is 14.2. The largest absolute Gasteiger partial charge is 0.377 e. The third kappa shape index (κ3) is 2.65. The standard InChI is InChI=1S/C17H32N2O/c1-13-7-4-5-10-19(13)11-6-9-18-15-14-8-12-20-16(14)17(15,2)3/h13-16,18H,4-12H2,1-3H3. The van der Waals surface area contributed by atoms with E-state index in [0.717, 1.165) is 18.6 Å². The van der Waals surface area contributed by atoms with E-state index in [1.165, 1.54) is 51.7 Å². The number of ether oxygens (including phenoxy) is 1. The summed E-state index contributed by atoms with van der Waals surface area (Å²) in [5, 5.41) is 3.83. The number of nitrogens with one attached hydrogen (secondary N) is 1. The van der Waals surface area contributed by atoms with E-state index in [4.69, 9.17) is 4.74 Å². The van der Waals surface area contributed by atoms with Gasteiger partial charge in [0.05, 0.1) is 6.10 Å².